The van der Waals surface area contributed by atoms with Gasteiger partial charge in [-0.25, -0.2) is 4.79 Å². The molecule has 4 N–H and O–H groups in total. The minimum atomic E-state index is -0.872. The number of hydrogen-bond acceptors (Lipinski definition) is 7. The number of nitrogens with zero attached hydrogens (tertiary/aromatic N) is 2. The topological polar surface area (TPSA) is 123 Å². The van der Waals surface area contributed by atoms with E-state index in [0.29, 0.717) is 11.3 Å². The lowest BCUT2D eigenvalue weighted by molar-refractivity contribution is -0.110. The van der Waals surface area contributed by atoms with Gasteiger partial charge in [-0.3, -0.25) is 15.1 Å². The van der Waals surface area contributed by atoms with Crippen molar-refractivity contribution in [3.63, 3.8) is 0 Å². The summed E-state index contributed by atoms with van der Waals surface area (Å²) in [6, 6.07) is 5.10. The minimum Gasteiger partial charge on any atom is -0.508 e. The number of aliphatic hydroxyl groups is 1. The summed E-state index contributed by atoms with van der Waals surface area (Å²) >= 11 is 0. The Hall–Kier alpha value is -3.43. The van der Waals surface area contributed by atoms with Crippen molar-refractivity contribution in [2.45, 2.75) is 19.1 Å². The van der Waals surface area contributed by atoms with Gasteiger partial charge in [0, 0.05) is 0 Å². The van der Waals surface area contributed by atoms with E-state index in [2.05, 4.69) is 15.9 Å². The highest BCUT2D eigenvalue weighted by atomic mass is 16.7. The third-order valence-electron chi connectivity index (χ3n) is 3.95. The van der Waals surface area contributed by atoms with E-state index in [4.69, 9.17) is 4.84 Å². The fraction of sp³-hybridized carbons (Fsp3) is 0.167. The Morgan fingerprint density at radius 1 is 1.22 bits per heavy atom. The number of hydrogen-bond donors (Lipinski definition) is 4. The number of carbonyl (C=O) groups excluding carboxylic acids is 2. The molecular weight excluding hydrogens is 352 g/mol. The number of aliphatic imine (C=N–C) groups is 1. The second kappa shape index (κ2) is 7.85. The predicted molar refractivity (Wildman–Crippen MR) is 95.9 cm³/mol. The van der Waals surface area contributed by atoms with E-state index in [0.717, 1.165) is 0 Å². The number of aliphatic hydroxyl groups excluding tert-OH is 1. The zero-order valence-corrected chi connectivity index (χ0v) is 14.4. The first kappa shape index (κ1) is 18.4. The molecule has 1 aliphatic carbocycles. The number of ketones is 1. The van der Waals surface area contributed by atoms with Crippen LogP contribution >= 0.6 is 0 Å². The first-order chi connectivity index (χ1) is 12.9. The average molecular weight is 370 g/mol. The van der Waals surface area contributed by atoms with Gasteiger partial charge >= 0.3 is 6.03 Å². The molecule has 1 aromatic rings. The third kappa shape index (κ3) is 4.60. The van der Waals surface area contributed by atoms with Crippen LogP contribution in [0.4, 0.5) is 4.79 Å². The number of allylic oxidation sites excluding steroid dienone is 4. The molecule has 0 fully saturated rings. The monoisotopic (exact) mass is 370 g/mol. The molecule has 9 nitrogen and oxygen atoms in total. The van der Waals surface area contributed by atoms with Gasteiger partial charge in [0.05, 0.1) is 18.0 Å². The number of hydrazine groups is 1. The first-order valence-electron chi connectivity index (χ1n) is 8.12. The average Bonchev–Trinajstić information content (AvgIpc) is 3.11. The summed E-state index contributed by atoms with van der Waals surface area (Å²) in [7, 11) is 0. The normalized spacial score (nSPS) is 18.0. The Labute approximate surface area is 154 Å². The van der Waals surface area contributed by atoms with Crippen LogP contribution in [0.1, 0.15) is 18.6 Å². The Balaban J connectivity index is 1.60. The molecule has 27 heavy (non-hydrogen) atoms. The molecular formula is C18H18N4O5. The van der Waals surface area contributed by atoms with Gasteiger partial charge in [-0.05, 0) is 48.9 Å². The zero-order chi connectivity index (χ0) is 19.4. The number of aromatic hydroxyl groups is 1. The van der Waals surface area contributed by atoms with E-state index < -0.39 is 18.2 Å². The molecule has 1 heterocycles. The number of phenols is 1. The maximum absolute atomic E-state index is 11.9. The molecule has 0 spiro atoms. The van der Waals surface area contributed by atoms with Gasteiger partial charge < -0.3 is 15.1 Å². The summed E-state index contributed by atoms with van der Waals surface area (Å²) in [6.45, 7) is 1.75. The number of phenolic OH excluding ortho intramolecular Hbond substituents is 1. The smallest absolute Gasteiger partial charge is 0.348 e. The van der Waals surface area contributed by atoms with Crippen LogP contribution in [0.25, 0.3) is 0 Å². The lowest BCUT2D eigenvalue weighted by Crippen LogP contribution is -2.39. The molecule has 9 heteroatoms. The maximum Gasteiger partial charge on any atom is 0.348 e. The Morgan fingerprint density at radius 2 is 1.89 bits per heavy atom. The van der Waals surface area contributed by atoms with E-state index in [9.17, 15) is 19.8 Å². The van der Waals surface area contributed by atoms with E-state index >= 15 is 0 Å². The summed E-state index contributed by atoms with van der Waals surface area (Å²) in [4.78, 5) is 31.9. The van der Waals surface area contributed by atoms with Crippen molar-refractivity contribution in [1.82, 2.24) is 15.9 Å². The lowest BCUT2D eigenvalue weighted by Gasteiger charge is -2.26. The van der Waals surface area contributed by atoms with Gasteiger partial charge in [0.1, 0.15) is 11.9 Å². The molecule has 1 aliphatic heterocycles. The van der Waals surface area contributed by atoms with E-state index in [-0.39, 0.29) is 17.4 Å². The van der Waals surface area contributed by atoms with Crippen LogP contribution < -0.4 is 10.9 Å². The van der Waals surface area contributed by atoms with Gasteiger partial charge in [-0.15, -0.1) is 0 Å². The summed E-state index contributed by atoms with van der Waals surface area (Å²) < 4.78 is 0. The lowest BCUT2D eigenvalue weighted by atomic mass is 10.0. The number of urea groups is 1. The fourth-order valence-corrected chi connectivity index (χ4v) is 2.41. The molecule has 2 unspecified atom stereocenters. The summed E-state index contributed by atoms with van der Waals surface area (Å²) in [6.07, 6.45) is 6.10. The summed E-state index contributed by atoms with van der Waals surface area (Å²) in [5.74, 6) is 0.0472. The Bertz CT molecular complexity index is 839. The molecule has 0 bridgehead atoms. The molecule has 2 atom stereocenters. The van der Waals surface area contributed by atoms with Crippen molar-refractivity contribution < 1.29 is 24.6 Å². The van der Waals surface area contributed by atoms with Gasteiger partial charge in [-0.1, -0.05) is 17.7 Å². The van der Waals surface area contributed by atoms with Gasteiger partial charge in [0.2, 0.25) is 5.88 Å². The molecule has 3 rings (SSSR count). The number of benzene rings is 1. The number of rotatable bonds is 4. The quantitative estimate of drug-likeness (QED) is 0.587. The van der Waals surface area contributed by atoms with Crippen LogP contribution in [-0.4, -0.2) is 38.8 Å². The molecule has 2 amide bonds. The van der Waals surface area contributed by atoms with Crippen LogP contribution in [0.15, 0.2) is 65.6 Å². The minimum absolute atomic E-state index is 0.106. The SMILES string of the molecule is CC(C(O)c1ccc(O)cc1)N1C=C(NC(=O)N=C2C=CC(=O)C=C2)ON1. The van der Waals surface area contributed by atoms with Crippen molar-refractivity contribution in [3.8, 4) is 5.75 Å². The van der Waals surface area contributed by atoms with Crippen molar-refractivity contribution in [2.24, 2.45) is 4.99 Å². The highest BCUT2D eigenvalue weighted by Gasteiger charge is 2.26. The van der Waals surface area contributed by atoms with Crippen molar-refractivity contribution in [2.75, 3.05) is 0 Å². The first-order valence-corrected chi connectivity index (χ1v) is 8.12. The number of nitrogens with one attached hydrogen (secondary N) is 2. The molecule has 0 radical (unpaired) electrons. The van der Waals surface area contributed by atoms with Crippen LogP contribution in [0.3, 0.4) is 0 Å². The Kier molecular flexibility index (Phi) is 5.34. The van der Waals surface area contributed by atoms with Gasteiger partial charge in [0.25, 0.3) is 0 Å². The highest BCUT2D eigenvalue weighted by Crippen LogP contribution is 2.23. The number of carbonyl (C=O) groups is 2. The highest BCUT2D eigenvalue weighted by molar-refractivity contribution is 6.18. The Morgan fingerprint density at radius 3 is 2.56 bits per heavy atom. The fourth-order valence-electron chi connectivity index (χ4n) is 2.41. The maximum atomic E-state index is 11.9. The second-order valence-corrected chi connectivity index (χ2v) is 5.91. The van der Waals surface area contributed by atoms with E-state index in [1.54, 1.807) is 19.1 Å². The van der Waals surface area contributed by atoms with Gasteiger partial charge in [-0.2, -0.15) is 4.99 Å². The molecule has 1 aromatic carbocycles. The molecule has 0 saturated heterocycles. The summed E-state index contributed by atoms with van der Waals surface area (Å²) in [5, 5.41) is 23.7. The van der Waals surface area contributed by atoms with Crippen LogP contribution in [-0.2, 0) is 9.63 Å². The molecule has 140 valence electrons. The van der Waals surface area contributed by atoms with Crippen LogP contribution in [0, 0.1) is 0 Å². The number of amides is 2. The largest absolute Gasteiger partial charge is 0.508 e. The van der Waals surface area contributed by atoms with Crippen molar-refractivity contribution in [3.05, 3.63) is 66.2 Å². The molecule has 0 aromatic heterocycles. The molecule has 0 saturated carbocycles. The molecule has 2 aliphatic rings. The predicted octanol–water partition coefficient (Wildman–Crippen LogP) is 1.21. The van der Waals surface area contributed by atoms with Crippen molar-refractivity contribution in [1.29, 1.82) is 0 Å². The standard InChI is InChI=1S/C18H18N4O5/c1-11(17(25)12-2-6-14(23)7-3-12)22-10-16(27-21-22)20-18(26)19-13-4-8-15(24)9-5-13/h2-11,17,21,23,25H,1H3,(H,20,26). The summed E-state index contributed by atoms with van der Waals surface area (Å²) in [5.41, 5.74) is 3.53. The van der Waals surface area contributed by atoms with Gasteiger partial charge in [0.15, 0.2) is 5.78 Å². The second-order valence-electron chi connectivity index (χ2n) is 5.91. The van der Waals surface area contributed by atoms with E-state index in [1.807, 2.05) is 0 Å². The zero-order valence-electron chi connectivity index (χ0n) is 14.4. The van der Waals surface area contributed by atoms with Crippen LogP contribution in [0.5, 0.6) is 5.75 Å². The third-order valence-corrected chi connectivity index (χ3v) is 3.95. The van der Waals surface area contributed by atoms with E-state index in [1.165, 1.54) is 47.6 Å². The van der Waals surface area contributed by atoms with Crippen molar-refractivity contribution >= 4 is 17.5 Å². The van der Waals surface area contributed by atoms with Crippen LogP contribution in [0.2, 0.25) is 0 Å².